The first-order chi connectivity index (χ1) is 15.0. The highest BCUT2D eigenvalue weighted by atomic mass is 16.5. The maximum Gasteiger partial charge on any atom is 0.252 e. The Morgan fingerprint density at radius 3 is 2.61 bits per heavy atom. The Hall–Kier alpha value is -3.60. The van der Waals surface area contributed by atoms with E-state index in [9.17, 15) is 4.79 Å². The number of ether oxygens (including phenoxy) is 1. The third-order valence-electron chi connectivity index (χ3n) is 5.38. The summed E-state index contributed by atoms with van der Waals surface area (Å²) < 4.78 is 8.11. The molecule has 0 fully saturated rings. The maximum absolute atomic E-state index is 12.8. The first-order valence-electron chi connectivity index (χ1n) is 10.5. The molecule has 5 heteroatoms. The zero-order chi connectivity index (χ0) is 21.8. The Bertz CT molecular complexity index is 1210. The van der Waals surface area contributed by atoms with Crippen molar-refractivity contribution in [2.75, 3.05) is 6.61 Å². The fourth-order valence-corrected chi connectivity index (χ4v) is 3.79. The smallest absolute Gasteiger partial charge is 0.252 e. The molecule has 158 valence electrons. The highest BCUT2D eigenvalue weighted by Crippen LogP contribution is 2.22. The van der Waals surface area contributed by atoms with E-state index in [-0.39, 0.29) is 11.9 Å². The van der Waals surface area contributed by atoms with Crippen molar-refractivity contribution >= 4 is 16.9 Å². The van der Waals surface area contributed by atoms with Crippen molar-refractivity contribution in [2.45, 2.75) is 33.4 Å². The highest BCUT2D eigenvalue weighted by Gasteiger charge is 2.19. The minimum absolute atomic E-state index is 0.0970. The van der Waals surface area contributed by atoms with Gasteiger partial charge in [-0.2, -0.15) is 0 Å². The number of benzene rings is 3. The van der Waals surface area contributed by atoms with E-state index in [1.807, 2.05) is 93.6 Å². The number of nitrogens with one attached hydrogen (secondary N) is 1. The molecule has 0 spiro atoms. The van der Waals surface area contributed by atoms with E-state index in [0.717, 1.165) is 28.2 Å². The number of aromatic nitrogens is 2. The summed E-state index contributed by atoms with van der Waals surface area (Å²) in [6, 6.07) is 23.4. The van der Waals surface area contributed by atoms with E-state index in [2.05, 4.69) is 9.88 Å². The van der Waals surface area contributed by atoms with Crippen LogP contribution in [0.25, 0.3) is 11.0 Å². The first kappa shape index (κ1) is 20.7. The lowest BCUT2D eigenvalue weighted by atomic mass is 10.1. The molecule has 4 aromatic rings. The summed E-state index contributed by atoms with van der Waals surface area (Å²) >= 11 is 0. The first-order valence-corrected chi connectivity index (χ1v) is 10.5. The third kappa shape index (κ3) is 4.61. The van der Waals surface area contributed by atoms with Crippen molar-refractivity contribution in [3.8, 4) is 5.75 Å². The van der Waals surface area contributed by atoms with E-state index in [1.54, 1.807) is 0 Å². The van der Waals surface area contributed by atoms with Crippen molar-refractivity contribution in [3.05, 3.63) is 95.3 Å². The number of amides is 1. The molecule has 1 unspecified atom stereocenters. The van der Waals surface area contributed by atoms with Crippen LogP contribution in [0.15, 0.2) is 72.8 Å². The van der Waals surface area contributed by atoms with Crippen molar-refractivity contribution in [2.24, 2.45) is 0 Å². The molecular weight excluding hydrogens is 386 g/mol. The molecule has 1 aromatic heterocycles. The molecule has 0 aliphatic heterocycles. The van der Waals surface area contributed by atoms with Crippen LogP contribution < -0.4 is 10.1 Å². The van der Waals surface area contributed by atoms with Gasteiger partial charge in [0.15, 0.2) is 0 Å². The normalized spacial score (nSPS) is 12.0. The second kappa shape index (κ2) is 9.04. The summed E-state index contributed by atoms with van der Waals surface area (Å²) in [5.41, 5.74) is 4.73. The van der Waals surface area contributed by atoms with Crippen molar-refractivity contribution < 1.29 is 9.53 Å². The summed E-state index contributed by atoms with van der Waals surface area (Å²) in [6.07, 6.45) is 0. The van der Waals surface area contributed by atoms with Crippen LogP contribution in [-0.2, 0) is 6.54 Å². The fraction of sp³-hybridized carbons (Fsp3) is 0.231. The number of nitrogens with zero attached hydrogens (tertiary/aromatic N) is 2. The van der Waals surface area contributed by atoms with Crippen LogP contribution in [0.5, 0.6) is 5.75 Å². The lowest BCUT2D eigenvalue weighted by molar-refractivity contribution is 0.0937. The number of para-hydroxylation sites is 2. The van der Waals surface area contributed by atoms with Gasteiger partial charge in [-0.3, -0.25) is 4.79 Å². The van der Waals surface area contributed by atoms with Crippen LogP contribution in [0.1, 0.15) is 40.3 Å². The number of hydrogen-bond acceptors (Lipinski definition) is 3. The number of fused-ring (bicyclic) bond motifs is 1. The van der Waals surface area contributed by atoms with Gasteiger partial charge >= 0.3 is 0 Å². The van der Waals surface area contributed by atoms with Gasteiger partial charge in [0, 0.05) is 5.56 Å². The summed E-state index contributed by atoms with van der Waals surface area (Å²) in [7, 11) is 0. The second-order valence-corrected chi connectivity index (χ2v) is 7.79. The van der Waals surface area contributed by atoms with Crippen LogP contribution in [-0.4, -0.2) is 22.1 Å². The van der Waals surface area contributed by atoms with Crippen molar-refractivity contribution in [3.63, 3.8) is 0 Å². The van der Waals surface area contributed by atoms with E-state index in [1.165, 1.54) is 5.56 Å². The van der Waals surface area contributed by atoms with Crippen LogP contribution in [0.3, 0.4) is 0 Å². The predicted octanol–water partition coefficient (Wildman–Crippen LogP) is 5.22. The van der Waals surface area contributed by atoms with E-state index in [0.29, 0.717) is 18.7 Å². The number of hydrogen-bond donors (Lipinski definition) is 1. The van der Waals surface area contributed by atoms with Gasteiger partial charge < -0.3 is 14.6 Å². The predicted molar refractivity (Wildman–Crippen MR) is 123 cm³/mol. The van der Waals surface area contributed by atoms with Gasteiger partial charge in [0.05, 0.1) is 23.6 Å². The fourth-order valence-electron chi connectivity index (χ4n) is 3.79. The molecule has 0 aliphatic rings. The molecule has 3 aromatic carbocycles. The van der Waals surface area contributed by atoms with E-state index in [4.69, 9.17) is 9.72 Å². The highest BCUT2D eigenvalue weighted by molar-refractivity contribution is 5.95. The molecule has 0 bridgehead atoms. The molecule has 1 atom stereocenters. The molecule has 0 radical (unpaired) electrons. The molecule has 0 aliphatic carbocycles. The van der Waals surface area contributed by atoms with Crippen LogP contribution >= 0.6 is 0 Å². The van der Waals surface area contributed by atoms with Gasteiger partial charge in [0.1, 0.15) is 18.2 Å². The minimum Gasteiger partial charge on any atom is -0.492 e. The SMILES string of the molecule is Cc1cccc(OCCn2c(C(C)NC(=O)c3ccccc3C)nc3ccccc32)c1. The summed E-state index contributed by atoms with van der Waals surface area (Å²) in [4.78, 5) is 17.6. The van der Waals surface area contributed by atoms with E-state index >= 15 is 0 Å². The maximum atomic E-state index is 12.8. The number of aryl methyl sites for hydroxylation is 2. The second-order valence-electron chi connectivity index (χ2n) is 7.79. The zero-order valence-electron chi connectivity index (χ0n) is 18.1. The Morgan fingerprint density at radius 2 is 1.81 bits per heavy atom. The van der Waals surface area contributed by atoms with Crippen LogP contribution in [0, 0.1) is 13.8 Å². The number of carbonyl (C=O) groups is 1. The van der Waals surface area contributed by atoms with E-state index < -0.39 is 0 Å². The minimum atomic E-state index is -0.251. The molecule has 1 N–H and O–H groups in total. The average Bonchev–Trinajstić information content (AvgIpc) is 3.13. The third-order valence-corrected chi connectivity index (χ3v) is 5.38. The van der Waals surface area contributed by atoms with Gasteiger partial charge in [-0.15, -0.1) is 0 Å². The lowest BCUT2D eigenvalue weighted by Crippen LogP contribution is -2.29. The molecule has 0 saturated carbocycles. The Balaban J connectivity index is 1.55. The molecular formula is C26H27N3O2. The van der Waals surface area contributed by atoms with Crippen LogP contribution in [0.4, 0.5) is 0 Å². The summed E-state index contributed by atoms with van der Waals surface area (Å²) in [5.74, 6) is 1.57. The molecule has 31 heavy (non-hydrogen) atoms. The van der Waals surface area contributed by atoms with Gasteiger partial charge in [0.25, 0.3) is 5.91 Å². The Labute approximate surface area is 182 Å². The molecule has 1 amide bonds. The quantitative estimate of drug-likeness (QED) is 0.452. The number of imidazole rings is 1. The van der Waals surface area contributed by atoms with Crippen LogP contribution in [0.2, 0.25) is 0 Å². The van der Waals surface area contributed by atoms with Gasteiger partial charge in [-0.25, -0.2) is 4.98 Å². The topological polar surface area (TPSA) is 56.1 Å². The molecule has 1 heterocycles. The number of carbonyl (C=O) groups excluding carboxylic acids is 1. The molecule has 5 nitrogen and oxygen atoms in total. The molecule has 4 rings (SSSR count). The van der Waals surface area contributed by atoms with Gasteiger partial charge in [-0.05, 0) is 62.2 Å². The van der Waals surface area contributed by atoms with Gasteiger partial charge in [0.2, 0.25) is 0 Å². The largest absolute Gasteiger partial charge is 0.492 e. The average molecular weight is 414 g/mol. The zero-order valence-corrected chi connectivity index (χ0v) is 18.1. The lowest BCUT2D eigenvalue weighted by Gasteiger charge is -2.17. The molecule has 0 saturated heterocycles. The standard InChI is InChI=1S/C26H27N3O2/c1-18-9-8-11-21(17-18)31-16-15-29-24-14-7-6-13-23(24)28-25(29)20(3)27-26(30)22-12-5-4-10-19(22)2/h4-14,17,20H,15-16H2,1-3H3,(H,27,30). The Kier molecular flexibility index (Phi) is 6.03. The summed E-state index contributed by atoms with van der Waals surface area (Å²) in [5, 5.41) is 3.11. The van der Waals surface area contributed by atoms with Crippen molar-refractivity contribution in [1.29, 1.82) is 0 Å². The number of rotatable bonds is 7. The monoisotopic (exact) mass is 413 g/mol. The Morgan fingerprint density at radius 1 is 1.03 bits per heavy atom. The van der Waals surface area contributed by atoms with Gasteiger partial charge in [-0.1, -0.05) is 42.5 Å². The van der Waals surface area contributed by atoms with Crippen molar-refractivity contribution in [1.82, 2.24) is 14.9 Å². The summed E-state index contributed by atoms with van der Waals surface area (Å²) in [6.45, 7) is 7.10.